The van der Waals surface area contributed by atoms with Crippen molar-refractivity contribution in [2.75, 3.05) is 26.3 Å². The summed E-state index contributed by atoms with van der Waals surface area (Å²) >= 11 is 0. The third-order valence-corrected chi connectivity index (χ3v) is 3.98. The molecule has 2 saturated heterocycles. The number of nitrogens with two attached hydrogens (primary N) is 1. The van der Waals surface area contributed by atoms with Crippen molar-refractivity contribution in [2.24, 2.45) is 5.73 Å². The number of likely N-dealkylation sites (tertiary alicyclic amines) is 1. The largest absolute Gasteiger partial charge is 0.381 e. The van der Waals surface area contributed by atoms with Gasteiger partial charge in [0.1, 0.15) is 0 Å². The Morgan fingerprint density at radius 3 is 2.64 bits per heavy atom. The second-order valence-corrected chi connectivity index (χ2v) is 4.69. The average Bonchev–Trinajstić information content (AvgIpc) is 2.66. The average molecular weight is 198 g/mol. The Morgan fingerprint density at radius 2 is 2.14 bits per heavy atom. The van der Waals surface area contributed by atoms with Crippen LogP contribution in [0.1, 0.15) is 32.6 Å². The molecule has 0 amide bonds. The molecule has 3 nitrogen and oxygen atoms in total. The molecular weight excluding hydrogens is 176 g/mol. The summed E-state index contributed by atoms with van der Waals surface area (Å²) in [6.45, 7) is 6.44. The van der Waals surface area contributed by atoms with Crippen molar-refractivity contribution in [3.63, 3.8) is 0 Å². The molecule has 0 spiro atoms. The fourth-order valence-corrected chi connectivity index (χ4v) is 2.86. The van der Waals surface area contributed by atoms with Crippen molar-refractivity contribution >= 4 is 0 Å². The van der Waals surface area contributed by atoms with Gasteiger partial charge in [0.15, 0.2) is 0 Å². The van der Waals surface area contributed by atoms with E-state index in [9.17, 15) is 0 Å². The van der Waals surface area contributed by atoms with Gasteiger partial charge >= 0.3 is 0 Å². The van der Waals surface area contributed by atoms with Gasteiger partial charge in [-0.25, -0.2) is 0 Å². The summed E-state index contributed by atoms with van der Waals surface area (Å²) in [5.74, 6) is 0. The minimum Gasteiger partial charge on any atom is -0.381 e. The topological polar surface area (TPSA) is 38.5 Å². The molecule has 2 aliphatic rings. The molecule has 0 bridgehead atoms. The van der Waals surface area contributed by atoms with Gasteiger partial charge in [-0.2, -0.15) is 0 Å². The molecule has 0 aromatic heterocycles. The van der Waals surface area contributed by atoms with Crippen LogP contribution < -0.4 is 5.73 Å². The van der Waals surface area contributed by atoms with Gasteiger partial charge < -0.3 is 10.5 Å². The van der Waals surface area contributed by atoms with Gasteiger partial charge in [0.2, 0.25) is 0 Å². The number of hydrogen-bond donors (Lipinski definition) is 1. The lowest BCUT2D eigenvalue weighted by Gasteiger charge is -2.44. The van der Waals surface area contributed by atoms with E-state index in [-0.39, 0.29) is 0 Å². The van der Waals surface area contributed by atoms with Crippen LogP contribution in [0.3, 0.4) is 0 Å². The van der Waals surface area contributed by atoms with Gasteiger partial charge in [0, 0.05) is 37.9 Å². The zero-order chi connectivity index (χ0) is 10.0. The normalized spacial score (nSPS) is 33.4. The Kier molecular flexibility index (Phi) is 3.10. The van der Waals surface area contributed by atoms with E-state index in [4.69, 9.17) is 10.5 Å². The lowest BCUT2D eigenvalue weighted by molar-refractivity contribution is -0.0215. The lowest BCUT2D eigenvalue weighted by atomic mass is 9.85. The summed E-state index contributed by atoms with van der Waals surface area (Å²) < 4.78 is 5.46. The molecule has 1 atom stereocenters. The van der Waals surface area contributed by atoms with Crippen molar-refractivity contribution in [1.29, 1.82) is 0 Å². The Bertz CT molecular complexity index is 190. The molecule has 2 heterocycles. The van der Waals surface area contributed by atoms with Crippen LogP contribution in [-0.2, 0) is 4.74 Å². The standard InChI is InChI=1S/C11H22N2O/c1-2-11(4-7-14-8-5-11)13-6-3-10(12)9-13/h10H,2-9,12H2,1H3. The molecular formula is C11H22N2O. The van der Waals surface area contributed by atoms with E-state index >= 15 is 0 Å². The first-order chi connectivity index (χ1) is 6.77. The zero-order valence-corrected chi connectivity index (χ0v) is 9.17. The molecule has 0 aliphatic carbocycles. The van der Waals surface area contributed by atoms with E-state index in [1.54, 1.807) is 0 Å². The van der Waals surface area contributed by atoms with E-state index < -0.39 is 0 Å². The Balaban J connectivity index is 2.03. The smallest absolute Gasteiger partial charge is 0.0483 e. The van der Waals surface area contributed by atoms with E-state index in [0.717, 1.165) is 19.8 Å². The van der Waals surface area contributed by atoms with Gasteiger partial charge in [-0.1, -0.05) is 6.92 Å². The Hall–Kier alpha value is -0.120. The molecule has 2 fully saturated rings. The summed E-state index contributed by atoms with van der Waals surface area (Å²) in [5, 5.41) is 0. The maximum absolute atomic E-state index is 5.97. The van der Waals surface area contributed by atoms with Gasteiger partial charge in [-0.15, -0.1) is 0 Å². The van der Waals surface area contributed by atoms with Crippen LogP contribution in [0.2, 0.25) is 0 Å². The minimum absolute atomic E-state index is 0.404. The molecule has 0 saturated carbocycles. The predicted octanol–water partition coefficient (Wildman–Crippen LogP) is 0.979. The molecule has 1 unspecified atom stereocenters. The van der Waals surface area contributed by atoms with Crippen molar-refractivity contribution in [2.45, 2.75) is 44.2 Å². The van der Waals surface area contributed by atoms with Crippen molar-refractivity contribution in [3.05, 3.63) is 0 Å². The van der Waals surface area contributed by atoms with Gasteiger partial charge in [-0.3, -0.25) is 4.90 Å². The van der Waals surface area contributed by atoms with Crippen LogP contribution >= 0.6 is 0 Å². The molecule has 2 N–H and O–H groups in total. The summed E-state index contributed by atoms with van der Waals surface area (Å²) in [6, 6.07) is 0.404. The third kappa shape index (κ3) is 1.81. The second-order valence-electron chi connectivity index (χ2n) is 4.69. The third-order valence-electron chi connectivity index (χ3n) is 3.98. The van der Waals surface area contributed by atoms with Crippen molar-refractivity contribution in [1.82, 2.24) is 4.90 Å². The van der Waals surface area contributed by atoms with Crippen molar-refractivity contribution in [3.8, 4) is 0 Å². The first-order valence-corrected chi connectivity index (χ1v) is 5.85. The highest BCUT2D eigenvalue weighted by molar-refractivity contribution is 4.95. The fourth-order valence-electron chi connectivity index (χ4n) is 2.86. The molecule has 0 aromatic rings. The van der Waals surface area contributed by atoms with Crippen LogP contribution in [0.4, 0.5) is 0 Å². The van der Waals surface area contributed by atoms with Crippen molar-refractivity contribution < 1.29 is 4.74 Å². The first kappa shape index (κ1) is 10.4. The second kappa shape index (κ2) is 4.17. The summed E-state index contributed by atoms with van der Waals surface area (Å²) in [5.41, 5.74) is 6.38. The van der Waals surface area contributed by atoms with E-state index in [1.165, 1.54) is 32.2 Å². The monoisotopic (exact) mass is 198 g/mol. The molecule has 82 valence electrons. The lowest BCUT2D eigenvalue weighted by Crippen LogP contribution is -2.51. The number of ether oxygens (including phenoxy) is 1. The van der Waals surface area contributed by atoms with Crippen LogP contribution in [0.5, 0.6) is 0 Å². The highest BCUT2D eigenvalue weighted by Crippen LogP contribution is 2.33. The summed E-state index contributed by atoms with van der Waals surface area (Å²) in [7, 11) is 0. The Morgan fingerprint density at radius 1 is 1.43 bits per heavy atom. The van der Waals surface area contributed by atoms with Gasteiger partial charge in [0.05, 0.1) is 0 Å². The van der Waals surface area contributed by atoms with E-state index in [0.29, 0.717) is 11.6 Å². The minimum atomic E-state index is 0.404. The SMILES string of the molecule is CCC1(N2CCC(N)C2)CCOCC1. The molecule has 0 radical (unpaired) electrons. The highest BCUT2D eigenvalue weighted by Gasteiger charge is 2.39. The van der Waals surface area contributed by atoms with Crippen LogP contribution in [-0.4, -0.2) is 42.8 Å². The fraction of sp³-hybridized carbons (Fsp3) is 1.00. The number of nitrogens with zero attached hydrogens (tertiary/aromatic N) is 1. The predicted molar refractivity (Wildman–Crippen MR) is 57.2 cm³/mol. The maximum Gasteiger partial charge on any atom is 0.0483 e. The number of rotatable bonds is 2. The molecule has 0 aromatic carbocycles. The quantitative estimate of drug-likeness (QED) is 0.719. The van der Waals surface area contributed by atoms with Crippen LogP contribution in [0, 0.1) is 0 Å². The highest BCUT2D eigenvalue weighted by atomic mass is 16.5. The van der Waals surface area contributed by atoms with Crippen LogP contribution in [0.25, 0.3) is 0 Å². The van der Waals surface area contributed by atoms with Crippen LogP contribution in [0.15, 0.2) is 0 Å². The van der Waals surface area contributed by atoms with Gasteiger partial charge in [0.25, 0.3) is 0 Å². The zero-order valence-electron chi connectivity index (χ0n) is 9.17. The first-order valence-electron chi connectivity index (χ1n) is 5.85. The van der Waals surface area contributed by atoms with Gasteiger partial charge in [-0.05, 0) is 25.7 Å². The summed E-state index contributed by atoms with van der Waals surface area (Å²) in [6.07, 6.45) is 4.79. The molecule has 2 rings (SSSR count). The Labute approximate surface area is 86.6 Å². The number of hydrogen-bond acceptors (Lipinski definition) is 3. The molecule has 3 heteroatoms. The summed E-state index contributed by atoms with van der Waals surface area (Å²) in [4.78, 5) is 2.61. The maximum atomic E-state index is 5.97. The molecule has 2 aliphatic heterocycles. The van der Waals surface area contributed by atoms with E-state index in [1.807, 2.05) is 0 Å². The molecule has 14 heavy (non-hydrogen) atoms. The van der Waals surface area contributed by atoms with E-state index in [2.05, 4.69) is 11.8 Å².